The Morgan fingerprint density at radius 3 is 1.51 bits per heavy atom. The topological polar surface area (TPSA) is 105 Å². The van der Waals surface area contributed by atoms with Gasteiger partial charge < -0.3 is 19.8 Å². The standard InChI is InChI=1S/C40H81N2O6P/c1-6-8-10-12-14-16-18-19-20-21-22-24-25-27-29-31-33-39(43)38(37-48-49(45,46)47-36-35-42(3,4)5)41-40(44)34-32-30-28-26-23-17-15-13-11-9-7-2/h31,33,38-39,43H,6-30,32,34-37H2,1-5H3,(H-,41,44,45,46)/p+1/b33-31+/t38-,39+/m0/s1. The second-order valence-corrected chi connectivity index (χ2v) is 16.8. The summed E-state index contributed by atoms with van der Waals surface area (Å²) in [6.07, 6.45) is 35.5. The van der Waals surface area contributed by atoms with Crippen molar-refractivity contribution in [3.8, 4) is 0 Å². The van der Waals surface area contributed by atoms with Crippen LogP contribution in [0.25, 0.3) is 0 Å². The minimum absolute atomic E-state index is 0.0643. The van der Waals surface area contributed by atoms with E-state index in [0.717, 1.165) is 32.1 Å². The summed E-state index contributed by atoms with van der Waals surface area (Å²) < 4.78 is 23.5. The van der Waals surface area contributed by atoms with Gasteiger partial charge >= 0.3 is 7.82 Å². The molecule has 3 N–H and O–H groups in total. The van der Waals surface area contributed by atoms with Gasteiger partial charge in [-0.05, 0) is 19.3 Å². The summed E-state index contributed by atoms with van der Waals surface area (Å²) in [6, 6.07) is -0.838. The highest BCUT2D eigenvalue weighted by Crippen LogP contribution is 2.43. The fraction of sp³-hybridized carbons (Fsp3) is 0.925. The second-order valence-electron chi connectivity index (χ2n) is 15.4. The fourth-order valence-corrected chi connectivity index (χ4v) is 6.66. The van der Waals surface area contributed by atoms with Crippen molar-refractivity contribution in [3.05, 3.63) is 12.2 Å². The van der Waals surface area contributed by atoms with Gasteiger partial charge in [0.15, 0.2) is 0 Å². The maximum Gasteiger partial charge on any atom is 0.472 e. The lowest BCUT2D eigenvalue weighted by atomic mass is 10.0. The molecule has 0 aliphatic rings. The number of hydrogen-bond donors (Lipinski definition) is 3. The summed E-state index contributed by atoms with van der Waals surface area (Å²) in [6.45, 7) is 4.80. The monoisotopic (exact) mass is 718 g/mol. The van der Waals surface area contributed by atoms with E-state index in [-0.39, 0.29) is 19.1 Å². The first-order valence-electron chi connectivity index (χ1n) is 20.6. The molecule has 0 aromatic rings. The van der Waals surface area contributed by atoms with Crippen molar-refractivity contribution >= 4 is 13.7 Å². The number of quaternary nitrogens is 1. The average Bonchev–Trinajstić information content (AvgIpc) is 3.04. The maximum atomic E-state index is 12.8. The number of allylic oxidation sites excluding steroid dienone is 1. The Kier molecular flexibility index (Phi) is 32.6. The molecular weight excluding hydrogens is 635 g/mol. The van der Waals surface area contributed by atoms with Gasteiger partial charge in [0.1, 0.15) is 13.2 Å². The van der Waals surface area contributed by atoms with Gasteiger partial charge in [-0.15, -0.1) is 0 Å². The number of phosphoric acid groups is 1. The van der Waals surface area contributed by atoms with Crippen LogP contribution in [-0.2, 0) is 18.4 Å². The van der Waals surface area contributed by atoms with Gasteiger partial charge in [0, 0.05) is 6.42 Å². The zero-order valence-electron chi connectivity index (χ0n) is 32.9. The predicted molar refractivity (Wildman–Crippen MR) is 208 cm³/mol. The molecule has 3 atom stereocenters. The number of aliphatic hydroxyl groups is 1. The van der Waals surface area contributed by atoms with Crippen molar-refractivity contribution < 1.29 is 32.9 Å². The summed E-state index contributed by atoms with van der Waals surface area (Å²) in [4.78, 5) is 23.0. The molecular formula is C40H82N2O6P+. The second kappa shape index (κ2) is 33.1. The van der Waals surface area contributed by atoms with E-state index < -0.39 is 20.0 Å². The number of carbonyl (C=O) groups excluding carboxylic acids is 1. The number of likely N-dealkylation sites (N-methyl/N-ethyl adjacent to an activating group) is 1. The third-order valence-corrected chi connectivity index (χ3v) is 10.2. The van der Waals surface area contributed by atoms with Crippen molar-refractivity contribution in [2.75, 3.05) is 40.9 Å². The molecule has 49 heavy (non-hydrogen) atoms. The minimum atomic E-state index is -4.32. The number of rotatable bonds is 37. The van der Waals surface area contributed by atoms with Crippen molar-refractivity contribution in [2.45, 2.75) is 199 Å². The molecule has 0 aromatic heterocycles. The highest BCUT2D eigenvalue weighted by Gasteiger charge is 2.27. The maximum absolute atomic E-state index is 12.8. The molecule has 1 unspecified atom stereocenters. The van der Waals surface area contributed by atoms with Gasteiger partial charge in [-0.3, -0.25) is 13.8 Å². The summed E-state index contributed by atoms with van der Waals surface area (Å²) in [7, 11) is 1.58. The highest BCUT2D eigenvalue weighted by molar-refractivity contribution is 7.47. The number of amides is 1. The number of hydrogen-bond acceptors (Lipinski definition) is 5. The number of phosphoric ester groups is 1. The molecule has 0 aliphatic heterocycles. The predicted octanol–water partition coefficient (Wildman–Crippen LogP) is 10.8. The van der Waals surface area contributed by atoms with E-state index in [0.29, 0.717) is 17.4 Å². The Hall–Kier alpha value is -0.760. The van der Waals surface area contributed by atoms with Crippen LogP contribution >= 0.6 is 7.82 Å². The SMILES string of the molecule is CCCCCCCCCCCCCCCC/C=C/[C@@H](O)[C@H](COP(=O)(O)OCC[N+](C)(C)C)NC(=O)CCCCCCCCCCCCC. The van der Waals surface area contributed by atoms with Crippen LogP contribution in [0.5, 0.6) is 0 Å². The summed E-state index contributed by atoms with van der Waals surface area (Å²) >= 11 is 0. The highest BCUT2D eigenvalue weighted by atomic mass is 31.2. The Morgan fingerprint density at radius 2 is 1.08 bits per heavy atom. The van der Waals surface area contributed by atoms with E-state index in [1.807, 2.05) is 27.2 Å². The molecule has 1 amide bonds. The van der Waals surface area contributed by atoms with E-state index in [9.17, 15) is 19.4 Å². The summed E-state index contributed by atoms with van der Waals surface area (Å²) in [5.74, 6) is -0.178. The molecule has 0 spiro atoms. The van der Waals surface area contributed by atoms with Crippen molar-refractivity contribution in [1.82, 2.24) is 5.32 Å². The first-order chi connectivity index (χ1) is 23.5. The van der Waals surface area contributed by atoms with Gasteiger partial charge in [0.2, 0.25) is 5.91 Å². The van der Waals surface area contributed by atoms with Crippen LogP contribution in [0.3, 0.4) is 0 Å². The van der Waals surface area contributed by atoms with Crippen LogP contribution in [0.15, 0.2) is 12.2 Å². The molecule has 0 saturated carbocycles. The molecule has 9 heteroatoms. The summed E-state index contributed by atoms with van der Waals surface area (Å²) in [5, 5.41) is 13.8. The van der Waals surface area contributed by atoms with E-state index >= 15 is 0 Å². The lowest BCUT2D eigenvalue weighted by Crippen LogP contribution is -2.45. The van der Waals surface area contributed by atoms with Crippen LogP contribution in [0.1, 0.15) is 187 Å². The van der Waals surface area contributed by atoms with Crippen molar-refractivity contribution in [1.29, 1.82) is 0 Å². The van der Waals surface area contributed by atoms with Crippen LogP contribution in [0, 0.1) is 0 Å². The lowest BCUT2D eigenvalue weighted by molar-refractivity contribution is -0.870. The Bertz CT molecular complexity index is 819. The molecule has 292 valence electrons. The number of carbonyl (C=O) groups is 1. The minimum Gasteiger partial charge on any atom is -0.387 e. The van der Waals surface area contributed by atoms with E-state index in [2.05, 4.69) is 19.2 Å². The Labute approximate surface area is 303 Å². The van der Waals surface area contributed by atoms with Crippen molar-refractivity contribution in [2.24, 2.45) is 0 Å². The zero-order valence-corrected chi connectivity index (χ0v) is 33.8. The summed E-state index contributed by atoms with van der Waals surface area (Å²) in [5.41, 5.74) is 0. The molecule has 0 radical (unpaired) electrons. The van der Waals surface area contributed by atoms with E-state index in [4.69, 9.17) is 9.05 Å². The van der Waals surface area contributed by atoms with Gasteiger partial charge in [-0.2, -0.15) is 0 Å². The normalized spacial score (nSPS) is 14.7. The molecule has 0 bridgehead atoms. The lowest BCUT2D eigenvalue weighted by Gasteiger charge is -2.25. The van der Waals surface area contributed by atoms with Crippen LogP contribution in [0.4, 0.5) is 0 Å². The largest absolute Gasteiger partial charge is 0.472 e. The average molecular weight is 718 g/mol. The van der Waals surface area contributed by atoms with Crippen molar-refractivity contribution in [3.63, 3.8) is 0 Å². The molecule has 0 heterocycles. The smallest absolute Gasteiger partial charge is 0.387 e. The quantitative estimate of drug-likeness (QED) is 0.0256. The molecule has 0 saturated heterocycles. The third-order valence-electron chi connectivity index (χ3n) is 9.26. The number of nitrogens with one attached hydrogen (secondary N) is 1. The van der Waals surface area contributed by atoms with Crippen LogP contribution in [0.2, 0.25) is 0 Å². The van der Waals surface area contributed by atoms with Crippen LogP contribution < -0.4 is 5.32 Å². The Morgan fingerprint density at radius 1 is 0.673 bits per heavy atom. The number of unbranched alkanes of at least 4 members (excludes halogenated alkanes) is 24. The van der Waals surface area contributed by atoms with E-state index in [1.54, 1.807) is 6.08 Å². The fourth-order valence-electron chi connectivity index (χ4n) is 5.92. The van der Waals surface area contributed by atoms with Gasteiger partial charge in [0.05, 0.1) is 39.9 Å². The molecule has 0 aromatic carbocycles. The molecule has 8 nitrogen and oxygen atoms in total. The van der Waals surface area contributed by atoms with Gasteiger partial charge in [-0.1, -0.05) is 174 Å². The zero-order chi connectivity index (χ0) is 36.5. The molecule has 0 rings (SSSR count). The Balaban J connectivity index is 4.46. The molecule has 0 fully saturated rings. The van der Waals surface area contributed by atoms with E-state index in [1.165, 1.54) is 135 Å². The van der Waals surface area contributed by atoms with Gasteiger partial charge in [0.25, 0.3) is 0 Å². The molecule has 0 aliphatic carbocycles. The first-order valence-corrected chi connectivity index (χ1v) is 22.1. The number of nitrogens with zero attached hydrogens (tertiary/aromatic N) is 1. The first kappa shape index (κ1) is 48.2. The van der Waals surface area contributed by atoms with Gasteiger partial charge in [-0.25, -0.2) is 4.57 Å². The van der Waals surface area contributed by atoms with Crippen LogP contribution in [-0.4, -0.2) is 73.4 Å². The number of aliphatic hydroxyl groups excluding tert-OH is 1. The third kappa shape index (κ3) is 35.4.